The highest BCUT2D eigenvalue weighted by Gasteiger charge is 2.23. The lowest BCUT2D eigenvalue weighted by atomic mass is 10.1. The van der Waals surface area contributed by atoms with Crippen LogP contribution >= 0.6 is 11.8 Å². The standard InChI is InChI=1S/C13H16N4OS/c1-17-12(7-14)15-16-13(17)19-8-10-6-9-4-2-3-5-11(9)18-10/h2-5,10H,6-8,14H2,1H3. The Morgan fingerprint density at radius 2 is 2.26 bits per heavy atom. The van der Waals surface area contributed by atoms with Crippen LogP contribution in [0.15, 0.2) is 29.4 Å². The first-order valence-corrected chi connectivity index (χ1v) is 7.22. The van der Waals surface area contributed by atoms with E-state index in [-0.39, 0.29) is 6.10 Å². The van der Waals surface area contributed by atoms with E-state index < -0.39 is 0 Å². The second-order valence-electron chi connectivity index (χ2n) is 4.52. The molecule has 6 heteroatoms. The molecule has 2 N–H and O–H groups in total. The molecule has 0 spiro atoms. The van der Waals surface area contributed by atoms with Gasteiger partial charge in [-0.05, 0) is 11.6 Å². The Morgan fingerprint density at radius 3 is 3.00 bits per heavy atom. The van der Waals surface area contributed by atoms with E-state index >= 15 is 0 Å². The van der Waals surface area contributed by atoms with E-state index in [4.69, 9.17) is 10.5 Å². The van der Waals surface area contributed by atoms with Gasteiger partial charge >= 0.3 is 0 Å². The van der Waals surface area contributed by atoms with Gasteiger partial charge in [0.05, 0.1) is 6.54 Å². The van der Waals surface area contributed by atoms with E-state index in [2.05, 4.69) is 16.3 Å². The highest BCUT2D eigenvalue weighted by molar-refractivity contribution is 7.99. The fraction of sp³-hybridized carbons (Fsp3) is 0.385. The topological polar surface area (TPSA) is 66.0 Å². The molecule has 0 fully saturated rings. The molecule has 1 aliphatic rings. The molecule has 1 aromatic carbocycles. The third-order valence-corrected chi connectivity index (χ3v) is 4.37. The van der Waals surface area contributed by atoms with Crippen molar-refractivity contribution in [3.8, 4) is 5.75 Å². The van der Waals surface area contributed by atoms with Gasteiger partial charge in [0.15, 0.2) is 5.16 Å². The van der Waals surface area contributed by atoms with Gasteiger partial charge in [0.2, 0.25) is 0 Å². The summed E-state index contributed by atoms with van der Waals surface area (Å²) in [5, 5.41) is 9.07. The quantitative estimate of drug-likeness (QED) is 0.854. The largest absolute Gasteiger partial charge is 0.489 e. The highest BCUT2D eigenvalue weighted by Crippen LogP contribution is 2.30. The molecule has 0 saturated heterocycles. The Labute approximate surface area is 116 Å². The molecule has 2 heterocycles. The van der Waals surface area contributed by atoms with Crippen LogP contribution in [0.25, 0.3) is 0 Å². The summed E-state index contributed by atoms with van der Waals surface area (Å²) in [5.41, 5.74) is 6.87. The van der Waals surface area contributed by atoms with Crippen LogP contribution in [0.3, 0.4) is 0 Å². The molecular weight excluding hydrogens is 260 g/mol. The average molecular weight is 276 g/mol. The summed E-state index contributed by atoms with van der Waals surface area (Å²) in [7, 11) is 1.94. The Balaban J connectivity index is 1.61. The van der Waals surface area contributed by atoms with Crippen molar-refractivity contribution in [2.24, 2.45) is 12.8 Å². The van der Waals surface area contributed by atoms with Crippen molar-refractivity contribution < 1.29 is 4.74 Å². The minimum atomic E-state index is 0.209. The molecular formula is C13H16N4OS. The maximum Gasteiger partial charge on any atom is 0.191 e. The molecule has 0 amide bonds. The first kappa shape index (κ1) is 12.5. The molecule has 19 heavy (non-hydrogen) atoms. The number of benzene rings is 1. The minimum absolute atomic E-state index is 0.209. The Morgan fingerprint density at radius 1 is 1.42 bits per heavy atom. The van der Waals surface area contributed by atoms with Crippen molar-refractivity contribution in [1.29, 1.82) is 0 Å². The Hall–Kier alpha value is -1.53. The maximum atomic E-state index is 5.90. The lowest BCUT2D eigenvalue weighted by Crippen LogP contribution is -2.16. The van der Waals surface area contributed by atoms with Crippen LogP contribution < -0.4 is 10.5 Å². The third kappa shape index (κ3) is 2.46. The first-order valence-electron chi connectivity index (χ1n) is 6.23. The smallest absolute Gasteiger partial charge is 0.191 e. The van der Waals surface area contributed by atoms with Crippen molar-refractivity contribution in [2.75, 3.05) is 5.75 Å². The first-order chi connectivity index (χ1) is 9.28. The predicted molar refractivity (Wildman–Crippen MR) is 74.2 cm³/mol. The van der Waals surface area contributed by atoms with Crippen LogP contribution in [-0.2, 0) is 20.0 Å². The molecule has 0 aliphatic carbocycles. The summed E-state index contributed by atoms with van der Waals surface area (Å²) in [6, 6.07) is 8.20. The molecule has 0 saturated carbocycles. The maximum absolute atomic E-state index is 5.90. The number of thioether (sulfide) groups is 1. The van der Waals surface area contributed by atoms with Crippen molar-refractivity contribution in [1.82, 2.24) is 14.8 Å². The van der Waals surface area contributed by atoms with Crippen molar-refractivity contribution in [2.45, 2.75) is 24.2 Å². The Kier molecular flexibility index (Phi) is 3.44. The van der Waals surface area contributed by atoms with E-state index in [1.165, 1.54) is 5.56 Å². The molecule has 1 aliphatic heterocycles. The molecule has 1 aromatic heterocycles. The van der Waals surface area contributed by atoms with Gasteiger partial charge in [0.1, 0.15) is 17.7 Å². The van der Waals surface area contributed by atoms with E-state index in [0.29, 0.717) is 6.54 Å². The van der Waals surface area contributed by atoms with Gasteiger partial charge in [-0.2, -0.15) is 0 Å². The fourth-order valence-electron chi connectivity index (χ4n) is 2.16. The molecule has 1 atom stereocenters. The van der Waals surface area contributed by atoms with E-state index in [1.54, 1.807) is 11.8 Å². The summed E-state index contributed by atoms with van der Waals surface area (Å²) in [4.78, 5) is 0. The number of ether oxygens (including phenoxy) is 1. The molecule has 5 nitrogen and oxygen atoms in total. The van der Waals surface area contributed by atoms with Crippen molar-refractivity contribution in [3.63, 3.8) is 0 Å². The van der Waals surface area contributed by atoms with Gasteiger partial charge in [-0.1, -0.05) is 30.0 Å². The summed E-state index contributed by atoms with van der Waals surface area (Å²) in [5.74, 6) is 2.68. The zero-order valence-corrected chi connectivity index (χ0v) is 11.6. The summed E-state index contributed by atoms with van der Waals surface area (Å²) in [6.45, 7) is 0.412. The summed E-state index contributed by atoms with van der Waals surface area (Å²) in [6.07, 6.45) is 1.17. The number of hydrogen-bond acceptors (Lipinski definition) is 5. The lowest BCUT2D eigenvalue weighted by molar-refractivity contribution is 0.259. The van der Waals surface area contributed by atoms with E-state index in [0.717, 1.165) is 28.9 Å². The zero-order valence-electron chi connectivity index (χ0n) is 10.7. The summed E-state index contributed by atoms with van der Waals surface area (Å²) >= 11 is 1.66. The van der Waals surface area contributed by atoms with Crippen LogP contribution in [0.4, 0.5) is 0 Å². The lowest BCUT2D eigenvalue weighted by Gasteiger charge is -2.09. The van der Waals surface area contributed by atoms with Crippen LogP contribution in [0, 0.1) is 0 Å². The zero-order chi connectivity index (χ0) is 13.2. The van der Waals surface area contributed by atoms with Gasteiger partial charge < -0.3 is 15.0 Å². The van der Waals surface area contributed by atoms with Gasteiger partial charge in [-0.25, -0.2) is 0 Å². The summed E-state index contributed by atoms with van der Waals surface area (Å²) < 4.78 is 7.84. The molecule has 0 radical (unpaired) electrons. The molecule has 3 rings (SSSR count). The predicted octanol–water partition coefficient (Wildman–Crippen LogP) is 1.37. The number of nitrogens with zero attached hydrogens (tertiary/aromatic N) is 3. The number of nitrogens with two attached hydrogens (primary N) is 1. The van der Waals surface area contributed by atoms with E-state index in [1.807, 2.05) is 29.8 Å². The fourth-order valence-corrected chi connectivity index (χ4v) is 3.08. The number of rotatable bonds is 4. The number of aromatic nitrogens is 3. The number of hydrogen-bond donors (Lipinski definition) is 1. The number of para-hydroxylation sites is 1. The van der Waals surface area contributed by atoms with Gasteiger partial charge in [-0.3, -0.25) is 0 Å². The minimum Gasteiger partial charge on any atom is -0.489 e. The third-order valence-electron chi connectivity index (χ3n) is 3.22. The van der Waals surface area contributed by atoms with Crippen molar-refractivity contribution >= 4 is 11.8 Å². The average Bonchev–Trinajstić information content (AvgIpc) is 2.99. The van der Waals surface area contributed by atoms with Crippen LogP contribution in [-0.4, -0.2) is 26.6 Å². The normalized spacial score (nSPS) is 17.3. The van der Waals surface area contributed by atoms with Gasteiger partial charge in [-0.15, -0.1) is 10.2 Å². The Bertz CT molecular complexity index is 559. The SMILES string of the molecule is Cn1c(CN)nnc1SCC1Cc2ccccc2O1. The number of fused-ring (bicyclic) bond motifs is 1. The molecule has 0 bridgehead atoms. The van der Waals surface area contributed by atoms with Crippen LogP contribution in [0.5, 0.6) is 5.75 Å². The van der Waals surface area contributed by atoms with Gasteiger partial charge in [0, 0.05) is 19.2 Å². The van der Waals surface area contributed by atoms with Gasteiger partial charge in [0.25, 0.3) is 0 Å². The van der Waals surface area contributed by atoms with Crippen molar-refractivity contribution in [3.05, 3.63) is 35.7 Å². The molecule has 100 valence electrons. The monoisotopic (exact) mass is 276 g/mol. The van der Waals surface area contributed by atoms with Crippen LogP contribution in [0.1, 0.15) is 11.4 Å². The highest BCUT2D eigenvalue weighted by atomic mass is 32.2. The second kappa shape index (κ2) is 5.22. The molecule has 1 unspecified atom stereocenters. The van der Waals surface area contributed by atoms with E-state index in [9.17, 15) is 0 Å². The molecule has 2 aromatic rings. The van der Waals surface area contributed by atoms with Crippen LogP contribution in [0.2, 0.25) is 0 Å². The second-order valence-corrected chi connectivity index (χ2v) is 5.51.